The van der Waals surface area contributed by atoms with Gasteiger partial charge in [-0.1, -0.05) is 18.5 Å². The smallest absolute Gasteiger partial charge is 0.246 e. The molecular weight excluding hydrogens is 352 g/mol. The number of rotatable bonds is 6. The van der Waals surface area contributed by atoms with Gasteiger partial charge in [0.15, 0.2) is 0 Å². The average Bonchev–Trinajstić information content (AvgIpc) is 3.05. The van der Waals surface area contributed by atoms with Crippen molar-refractivity contribution >= 4 is 33.2 Å². The molecule has 6 nitrogen and oxygen atoms in total. The van der Waals surface area contributed by atoms with Crippen LogP contribution in [0.4, 0.5) is 5.69 Å². The Morgan fingerprint density at radius 2 is 2.00 bits per heavy atom. The molecule has 8 heteroatoms. The Labute approximate surface area is 148 Å². The van der Waals surface area contributed by atoms with E-state index in [1.807, 2.05) is 0 Å². The van der Waals surface area contributed by atoms with E-state index in [4.69, 9.17) is 16.3 Å². The van der Waals surface area contributed by atoms with Crippen molar-refractivity contribution < 1.29 is 17.9 Å². The molecule has 0 aliphatic carbocycles. The first kappa shape index (κ1) is 18.9. The molecule has 0 aromatic heterocycles. The van der Waals surface area contributed by atoms with E-state index in [2.05, 4.69) is 0 Å². The number of carbonyl (C=O) groups is 1. The van der Waals surface area contributed by atoms with Crippen molar-refractivity contribution in [1.82, 2.24) is 4.90 Å². The molecule has 1 amide bonds. The van der Waals surface area contributed by atoms with Crippen molar-refractivity contribution in [3.05, 3.63) is 23.2 Å². The van der Waals surface area contributed by atoms with Crippen LogP contribution < -0.4 is 9.04 Å². The van der Waals surface area contributed by atoms with E-state index in [0.29, 0.717) is 30.3 Å². The number of benzene rings is 1. The summed E-state index contributed by atoms with van der Waals surface area (Å²) in [5.41, 5.74) is 0.284. The predicted molar refractivity (Wildman–Crippen MR) is 95.2 cm³/mol. The van der Waals surface area contributed by atoms with Crippen molar-refractivity contribution in [3.63, 3.8) is 0 Å². The Bertz CT molecular complexity index is 702. The first-order chi connectivity index (χ1) is 11.3. The van der Waals surface area contributed by atoms with Crippen LogP contribution in [0.1, 0.15) is 26.2 Å². The van der Waals surface area contributed by atoms with Crippen LogP contribution in [0.25, 0.3) is 0 Å². The van der Waals surface area contributed by atoms with Gasteiger partial charge in [0.25, 0.3) is 0 Å². The summed E-state index contributed by atoms with van der Waals surface area (Å²) < 4.78 is 31.4. The van der Waals surface area contributed by atoms with Crippen LogP contribution in [-0.2, 0) is 14.8 Å². The van der Waals surface area contributed by atoms with Gasteiger partial charge in [-0.05, 0) is 37.5 Å². The molecule has 1 aliphatic rings. The van der Waals surface area contributed by atoms with Crippen LogP contribution in [0.2, 0.25) is 5.02 Å². The Morgan fingerprint density at radius 3 is 2.50 bits per heavy atom. The van der Waals surface area contributed by atoms with Crippen molar-refractivity contribution in [2.45, 2.75) is 32.2 Å². The fourth-order valence-corrected chi connectivity index (χ4v) is 4.37. The molecule has 1 saturated heterocycles. The molecule has 0 N–H and O–H groups in total. The van der Waals surface area contributed by atoms with E-state index < -0.39 is 16.1 Å². The highest BCUT2D eigenvalue weighted by molar-refractivity contribution is 7.92. The van der Waals surface area contributed by atoms with Gasteiger partial charge >= 0.3 is 0 Å². The Morgan fingerprint density at radius 1 is 1.38 bits per heavy atom. The van der Waals surface area contributed by atoms with Gasteiger partial charge in [-0.2, -0.15) is 0 Å². The summed E-state index contributed by atoms with van der Waals surface area (Å²) >= 11 is 6.05. The fraction of sp³-hybridized carbons (Fsp3) is 0.562. The first-order valence-electron chi connectivity index (χ1n) is 7.91. The second kappa shape index (κ2) is 7.61. The maximum absolute atomic E-state index is 12.9. The van der Waals surface area contributed by atoms with Crippen molar-refractivity contribution in [1.29, 1.82) is 0 Å². The van der Waals surface area contributed by atoms with E-state index >= 15 is 0 Å². The third-order valence-electron chi connectivity index (χ3n) is 4.11. The average molecular weight is 375 g/mol. The van der Waals surface area contributed by atoms with Gasteiger partial charge in [-0.3, -0.25) is 9.10 Å². The van der Waals surface area contributed by atoms with E-state index in [1.54, 1.807) is 24.0 Å². The van der Waals surface area contributed by atoms with Crippen LogP contribution in [0.5, 0.6) is 5.75 Å². The lowest BCUT2D eigenvalue weighted by Crippen LogP contribution is -2.50. The third kappa shape index (κ3) is 3.95. The van der Waals surface area contributed by atoms with Crippen LogP contribution >= 0.6 is 11.6 Å². The number of methoxy groups -OCH3 is 1. The van der Waals surface area contributed by atoms with Crippen LogP contribution in [0.15, 0.2) is 18.2 Å². The summed E-state index contributed by atoms with van der Waals surface area (Å²) in [6.07, 6.45) is 3.34. The molecule has 0 bridgehead atoms. The van der Waals surface area contributed by atoms with Crippen molar-refractivity contribution in [3.8, 4) is 5.75 Å². The van der Waals surface area contributed by atoms with Gasteiger partial charge in [-0.15, -0.1) is 0 Å². The lowest BCUT2D eigenvalue weighted by Gasteiger charge is -2.33. The lowest BCUT2D eigenvalue weighted by molar-refractivity contribution is -0.131. The van der Waals surface area contributed by atoms with Crippen LogP contribution in [0, 0.1) is 0 Å². The number of hydrogen-bond acceptors (Lipinski definition) is 4. The molecular formula is C16H23ClN2O4S. The summed E-state index contributed by atoms with van der Waals surface area (Å²) in [5.74, 6) is 0.181. The number of sulfonamides is 1. The molecule has 1 aromatic rings. The fourth-order valence-electron chi connectivity index (χ4n) is 3.00. The Kier molecular flexibility index (Phi) is 5.98. The molecule has 134 valence electrons. The Hall–Kier alpha value is -1.47. The quantitative estimate of drug-likeness (QED) is 0.767. The maximum atomic E-state index is 12.9. The van der Waals surface area contributed by atoms with Gasteiger partial charge in [0, 0.05) is 18.1 Å². The molecule has 1 heterocycles. The highest BCUT2D eigenvalue weighted by Gasteiger charge is 2.36. The molecule has 1 atom stereocenters. The van der Waals surface area contributed by atoms with Gasteiger partial charge in [0.1, 0.15) is 11.8 Å². The minimum absolute atomic E-state index is 0.178. The second-order valence-corrected chi connectivity index (χ2v) is 8.13. The highest BCUT2D eigenvalue weighted by atomic mass is 35.5. The lowest BCUT2D eigenvalue weighted by atomic mass is 10.1. The summed E-state index contributed by atoms with van der Waals surface area (Å²) in [6.45, 7) is 3.13. The third-order valence-corrected chi connectivity index (χ3v) is 5.51. The zero-order valence-electron chi connectivity index (χ0n) is 14.2. The van der Waals surface area contributed by atoms with E-state index in [-0.39, 0.29) is 11.6 Å². The zero-order chi connectivity index (χ0) is 17.9. The second-order valence-electron chi connectivity index (χ2n) is 5.83. The number of anilines is 1. The predicted octanol–water partition coefficient (Wildman–Crippen LogP) is 2.52. The van der Waals surface area contributed by atoms with Gasteiger partial charge < -0.3 is 9.64 Å². The largest absolute Gasteiger partial charge is 0.495 e. The topological polar surface area (TPSA) is 66.9 Å². The SMILES string of the molecule is CC[C@@H](C(=O)N1CCCC1)N(c1cc(Cl)ccc1OC)S(C)(=O)=O. The molecule has 1 aromatic carbocycles. The minimum Gasteiger partial charge on any atom is -0.495 e. The van der Waals surface area contributed by atoms with Gasteiger partial charge in [0.05, 0.1) is 19.1 Å². The number of amides is 1. The number of carbonyl (C=O) groups excluding carboxylic acids is 1. The van der Waals surface area contributed by atoms with Crippen molar-refractivity contribution in [2.75, 3.05) is 30.8 Å². The maximum Gasteiger partial charge on any atom is 0.246 e. The number of nitrogens with zero attached hydrogens (tertiary/aromatic N) is 2. The Balaban J connectivity index is 2.52. The van der Waals surface area contributed by atoms with E-state index in [1.165, 1.54) is 13.2 Å². The minimum atomic E-state index is -3.71. The van der Waals surface area contributed by atoms with Gasteiger partial charge in [-0.25, -0.2) is 8.42 Å². The summed E-state index contributed by atoms with van der Waals surface area (Å²) in [6, 6.07) is 3.92. The summed E-state index contributed by atoms with van der Waals surface area (Å²) in [7, 11) is -2.25. The molecule has 0 spiro atoms. The number of ether oxygens (including phenoxy) is 1. The molecule has 2 rings (SSSR count). The molecule has 0 radical (unpaired) electrons. The molecule has 0 unspecified atom stereocenters. The van der Waals surface area contributed by atoms with E-state index in [0.717, 1.165) is 23.4 Å². The monoisotopic (exact) mass is 374 g/mol. The number of hydrogen-bond donors (Lipinski definition) is 0. The van der Waals surface area contributed by atoms with E-state index in [9.17, 15) is 13.2 Å². The number of likely N-dealkylation sites (tertiary alicyclic amines) is 1. The molecule has 24 heavy (non-hydrogen) atoms. The highest BCUT2D eigenvalue weighted by Crippen LogP contribution is 2.35. The van der Waals surface area contributed by atoms with Gasteiger partial charge in [0.2, 0.25) is 15.9 Å². The molecule has 1 fully saturated rings. The first-order valence-corrected chi connectivity index (χ1v) is 10.1. The number of halogens is 1. The summed E-state index contributed by atoms with van der Waals surface area (Å²) in [5, 5.41) is 0.378. The van der Waals surface area contributed by atoms with Crippen molar-refractivity contribution in [2.24, 2.45) is 0 Å². The zero-order valence-corrected chi connectivity index (χ0v) is 15.7. The standard InChI is InChI=1S/C16H23ClN2O4S/c1-4-13(16(20)18-9-5-6-10-18)19(24(3,21)22)14-11-12(17)7-8-15(14)23-2/h7-8,11,13H,4-6,9-10H2,1-3H3/t13-/m0/s1. The summed E-state index contributed by atoms with van der Waals surface area (Å²) in [4.78, 5) is 14.6. The normalized spacial score (nSPS) is 16.1. The van der Waals surface area contributed by atoms with Crippen LogP contribution in [0.3, 0.4) is 0 Å². The molecule has 1 aliphatic heterocycles. The van der Waals surface area contributed by atoms with Crippen LogP contribution in [-0.4, -0.2) is 51.7 Å². The molecule has 0 saturated carbocycles.